The van der Waals surface area contributed by atoms with Crippen molar-refractivity contribution in [1.82, 2.24) is 4.98 Å². The maximum absolute atomic E-state index is 13.0. The Morgan fingerprint density at radius 3 is 2.59 bits per heavy atom. The van der Waals surface area contributed by atoms with E-state index in [1.54, 1.807) is 36.7 Å². The molecule has 1 atom stereocenters. The van der Waals surface area contributed by atoms with Gasteiger partial charge in [0, 0.05) is 23.9 Å². The van der Waals surface area contributed by atoms with E-state index < -0.39 is 5.82 Å². The summed E-state index contributed by atoms with van der Waals surface area (Å²) in [6.45, 7) is 1.81. The molecule has 2 nitrogen and oxygen atoms in total. The molecule has 17 heavy (non-hydrogen) atoms. The molecule has 0 radical (unpaired) electrons. The molecule has 0 fully saturated rings. The number of Topliss-reactive ketones (excluding diaryl/α,β-unsaturated/α-hetero) is 1. The smallest absolute Gasteiger partial charge is 0.170 e. The van der Waals surface area contributed by atoms with Gasteiger partial charge in [0.25, 0.3) is 0 Å². The van der Waals surface area contributed by atoms with Gasteiger partial charge in [0.15, 0.2) is 5.78 Å². The van der Waals surface area contributed by atoms with Crippen LogP contribution in [0.3, 0.4) is 0 Å². The third-order valence-electron chi connectivity index (χ3n) is 2.71. The lowest BCUT2D eigenvalue weighted by Gasteiger charge is -2.10. The molecule has 1 heterocycles. The van der Waals surface area contributed by atoms with Crippen molar-refractivity contribution in [3.63, 3.8) is 0 Å². The quantitative estimate of drug-likeness (QED) is 0.756. The minimum absolute atomic E-state index is 0.0873. The topological polar surface area (TPSA) is 30.0 Å². The van der Waals surface area contributed by atoms with Gasteiger partial charge in [-0.05, 0) is 29.8 Å². The van der Waals surface area contributed by atoms with Crippen molar-refractivity contribution in [2.24, 2.45) is 0 Å². The third-order valence-corrected chi connectivity index (χ3v) is 2.71. The SMILES string of the molecule is CC(C(=O)c1cccc(F)c1)c1ccncc1. The third kappa shape index (κ3) is 2.56. The molecule has 3 heteroatoms. The highest BCUT2D eigenvalue weighted by molar-refractivity contribution is 6.00. The Labute approximate surface area is 99.1 Å². The van der Waals surface area contributed by atoms with Crippen LogP contribution in [0.2, 0.25) is 0 Å². The van der Waals surface area contributed by atoms with E-state index in [-0.39, 0.29) is 11.7 Å². The van der Waals surface area contributed by atoms with E-state index in [1.807, 2.05) is 6.92 Å². The first-order chi connectivity index (χ1) is 8.18. The average Bonchev–Trinajstić information content (AvgIpc) is 2.38. The molecule has 1 aromatic carbocycles. The van der Waals surface area contributed by atoms with Gasteiger partial charge in [0.1, 0.15) is 5.82 Å². The highest BCUT2D eigenvalue weighted by Gasteiger charge is 2.17. The Kier molecular flexibility index (Phi) is 3.28. The molecule has 86 valence electrons. The fourth-order valence-corrected chi connectivity index (χ4v) is 1.70. The van der Waals surface area contributed by atoms with Crippen LogP contribution in [-0.2, 0) is 0 Å². The van der Waals surface area contributed by atoms with Crippen LogP contribution < -0.4 is 0 Å². The molecular weight excluding hydrogens is 217 g/mol. The predicted molar refractivity (Wildman–Crippen MR) is 63.4 cm³/mol. The summed E-state index contributed by atoms with van der Waals surface area (Å²) >= 11 is 0. The van der Waals surface area contributed by atoms with E-state index in [0.29, 0.717) is 5.56 Å². The van der Waals surface area contributed by atoms with Crippen LogP contribution in [0, 0.1) is 5.82 Å². The van der Waals surface area contributed by atoms with Crippen molar-refractivity contribution >= 4 is 5.78 Å². The maximum Gasteiger partial charge on any atom is 0.170 e. The number of hydrogen-bond acceptors (Lipinski definition) is 2. The average molecular weight is 229 g/mol. The van der Waals surface area contributed by atoms with E-state index in [2.05, 4.69) is 4.98 Å². The zero-order valence-electron chi connectivity index (χ0n) is 9.43. The molecule has 2 rings (SSSR count). The van der Waals surface area contributed by atoms with Crippen LogP contribution in [0.5, 0.6) is 0 Å². The Bertz CT molecular complexity index is 525. The number of halogens is 1. The lowest BCUT2D eigenvalue weighted by molar-refractivity contribution is 0.0965. The lowest BCUT2D eigenvalue weighted by Crippen LogP contribution is -2.09. The van der Waals surface area contributed by atoms with Crippen LogP contribution >= 0.6 is 0 Å². The fraction of sp³-hybridized carbons (Fsp3) is 0.143. The zero-order valence-corrected chi connectivity index (χ0v) is 9.43. The summed E-state index contributed by atoms with van der Waals surface area (Å²) in [5.74, 6) is -0.770. The molecule has 0 N–H and O–H groups in total. The number of aromatic nitrogens is 1. The van der Waals surface area contributed by atoms with Gasteiger partial charge in [-0.25, -0.2) is 4.39 Å². The second-order valence-corrected chi connectivity index (χ2v) is 3.88. The molecule has 0 aliphatic rings. The van der Waals surface area contributed by atoms with Gasteiger partial charge in [-0.1, -0.05) is 19.1 Å². The minimum atomic E-state index is -0.391. The number of hydrogen-bond donors (Lipinski definition) is 0. The summed E-state index contributed by atoms with van der Waals surface area (Å²) in [6.07, 6.45) is 3.29. The lowest BCUT2D eigenvalue weighted by atomic mass is 9.93. The van der Waals surface area contributed by atoms with E-state index in [1.165, 1.54) is 12.1 Å². The molecular formula is C14H12FNO. The van der Waals surface area contributed by atoms with E-state index in [4.69, 9.17) is 0 Å². The molecule has 0 saturated carbocycles. The van der Waals surface area contributed by atoms with Crippen LogP contribution in [0.4, 0.5) is 4.39 Å². The second-order valence-electron chi connectivity index (χ2n) is 3.88. The number of carbonyl (C=O) groups excluding carboxylic acids is 1. The highest BCUT2D eigenvalue weighted by Crippen LogP contribution is 2.20. The predicted octanol–water partition coefficient (Wildman–Crippen LogP) is 3.21. The van der Waals surface area contributed by atoms with Crippen LogP contribution in [0.15, 0.2) is 48.8 Å². The van der Waals surface area contributed by atoms with Crippen molar-refractivity contribution in [1.29, 1.82) is 0 Å². The van der Waals surface area contributed by atoms with E-state index >= 15 is 0 Å². The second kappa shape index (κ2) is 4.87. The Balaban J connectivity index is 2.27. The van der Waals surface area contributed by atoms with Crippen LogP contribution in [0.1, 0.15) is 28.8 Å². The van der Waals surface area contributed by atoms with Crippen molar-refractivity contribution in [3.05, 3.63) is 65.7 Å². The van der Waals surface area contributed by atoms with Crippen molar-refractivity contribution in [2.45, 2.75) is 12.8 Å². The Morgan fingerprint density at radius 1 is 1.24 bits per heavy atom. The summed E-state index contributed by atoms with van der Waals surface area (Å²) in [7, 11) is 0. The fourth-order valence-electron chi connectivity index (χ4n) is 1.70. The summed E-state index contributed by atoms with van der Waals surface area (Å²) < 4.78 is 13.0. The summed E-state index contributed by atoms with van der Waals surface area (Å²) in [6, 6.07) is 9.35. The molecule has 0 aliphatic heterocycles. The molecule has 1 unspecified atom stereocenters. The molecule has 0 saturated heterocycles. The van der Waals surface area contributed by atoms with Crippen LogP contribution in [-0.4, -0.2) is 10.8 Å². The number of pyridine rings is 1. The molecule has 0 amide bonds. The van der Waals surface area contributed by atoms with Gasteiger partial charge >= 0.3 is 0 Å². The number of ketones is 1. The molecule has 0 aliphatic carbocycles. The largest absolute Gasteiger partial charge is 0.294 e. The van der Waals surface area contributed by atoms with Gasteiger partial charge in [-0.3, -0.25) is 9.78 Å². The molecule has 1 aromatic heterocycles. The summed E-state index contributed by atoms with van der Waals surface area (Å²) in [4.78, 5) is 16.0. The maximum atomic E-state index is 13.0. The van der Waals surface area contributed by atoms with Gasteiger partial charge in [0.05, 0.1) is 0 Å². The van der Waals surface area contributed by atoms with Crippen molar-refractivity contribution in [3.8, 4) is 0 Å². The first-order valence-corrected chi connectivity index (χ1v) is 5.38. The Morgan fingerprint density at radius 2 is 1.94 bits per heavy atom. The molecule has 0 bridgehead atoms. The van der Waals surface area contributed by atoms with Gasteiger partial charge < -0.3 is 0 Å². The Hall–Kier alpha value is -2.03. The highest BCUT2D eigenvalue weighted by atomic mass is 19.1. The van der Waals surface area contributed by atoms with Gasteiger partial charge in [-0.2, -0.15) is 0 Å². The van der Waals surface area contributed by atoms with Gasteiger partial charge in [0.2, 0.25) is 0 Å². The van der Waals surface area contributed by atoms with Gasteiger partial charge in [-0.15, -0.1) is 0 Å². The zero-order chi connectivity index (χ0) is 12.3. The summed E-state index contributed by atoms with van der Waals surface area (Å²) in [5.41, 5.74) is 1.28. The standard InChI is InChI=1S/C14H12FNO/c1-10(11-5-7-16-8-6-11)14(17)12-3-2-4-13(15)9-12/h2-10H,1H3. The van der Waals surface area contributed by atoms with Crippen molar-refractivity contribution < 1.29 is 9.18 Å². The number of benzene rings is 1. The number of carbonyl (C=O) groups is 1. The first kappa shape index (κ1) is 11.5. The normalized spacial score (nSPS) is 12.1. The van der Waals surface area contributed by atoms with E-state index in [9.17, 15) is 9.18 Å². The van der Waals surface area contributed by atoms with Crippen LogP contribution in [0.25, 0.3) is 0 Å². The number of rotatable bonds is 3. The molecule has 2 aromatic rings. The summed E-state index contributed by atoms with van der Waals surface area (Å²) in [5, 5.41) is 0. The number of nitrogens with zero attached hydrogens (tertiary/aromatic N) is 1. The monoisotopic (exact) mass is 229 g/mol. The van der Waals surface area contributed by atoms with E-state index in [0.717, 1.165) is 5.56 Å². The van der Waals surface area contributed by atoms with Crippen molar-refractivity contribution in [2.75, 3.05) is 0 Å². The minimum Gasteiger partial charge on any atom is -0.294 e. The first-order valence-electron chi connectivity index (χ1n) is 5.38. The molecule has 0 spiro atoms.